The molecule has 0 saturated carbocycles. The molecule has 2 aliphatic rings. The van der Waals surface area contributed by atoms with Gasteiger partial charge < -0.3 is 5.11 Å². The van der Waals surface area contributed by atoms with Gasteiger partial charge in [-0.05, 0) is 44.1 Å². The Hall–Kier alpha value is -0.830. The van der Waals surface area contributed by atoms with Crippen LogP contribution in [0.4, 0.5) is 0 Å². The number of piperidine rings is 1. The first kappa shape index (κ1) is 12.6. The fourth-order valence-corrected chi connectivity index (χ4v) is 3.34. The molecule has 2 unspecified atom stereocenters. The molecule has 1 aliphatic heterocycles. The number of likely N-dealkylation sites (tertiary alicyclic amines) is 1. The third-order valence-corrected chi connectivity index (χ3v) is 4.20. The van der Waals surface area contributed by atoms with Gasteiger partial charge >= 0.3 is 5.97 Å². The highest BCUT2D eigenvalue weighted by Crippen LogP contribution is 2.37. The highest BCUT2D eigenvalue weighted by molar-refractivity contribution is 5.74. The molecule has 3 nitrogen and oxygen atoms in total. The summed E-state index contributed by atoms with van der Waals surface area (Å²) >= 11 is 0. The number of carboxylic acid groups (broad SMARTS) is 1. The van der Waals surface area contributed by atoms with Crippen molar-refractivity contribution in [3.05, 3.63) is 12.2 Å². The molecule has 0 aromatic rings. The molecule has 0 aromatic carbocycles. The van der Waals surface area contributed by atoms with E-state index in [2.05, 4.69) is 30.9 Å². The predicted octanol–water partition coefficient (Wildman–Crippen LogP) is 2.67. The van der Waals surface area contributed by atoms with E-state index in [1.54, 1.807) is 0 Å². The van der Waals surface area contributed by atoms with Crippen molar-refractivity contribution in [3.63, 3.8) is 0 Å². The summed E-state index contributed by atoms with van der Waals surface area (Å²) in [5.74, 6) is -0.659. The summed E-state index contributed by atoms with van der Waals surface area (Å²) in [7, 11) is 0. The van der Waals surface area contributed by atoms with E-state index >= 15 is 0 Å². The molecular weight excluding hydrogens is 214 g/mol. The Kier molecular flexibility index (Phi) is 3.57. The van der Waals surface area contributed by atoms with E-state index in [0.29, 0.717) is 6.04 Å². The van der Waals surface area contributed by atoms with Crippen molar-refractivity contribution in [2.75, 3.05) is 6.54 Å². The van der Waals surface area contributed by atoms with Gasteiger partial charge in [0.2, 0.25) is 0 Å². The Bertz CT molecular complexity index is 322. The molecule has 0 radical (unpaired) electrons. The average Bonchev–Trinajstić information content (AvgIpc) is 2.28. The summed E-state index contributed by atoms with van der Waals surface area (Å²) in [6, 6.07) is 0.00780. The number of allylic oxidation sites excluding steroid dienone is 1. The lowest BCUT2D eigenvalue weighted by Gasteiger charge is -2.47. The highest BCUT2D eigenvalue weighted by Gasteiger charge is 2.44. The average molecular weight is 237 g/mol. The lowest BCUT2D eigenvalue weighted by atomic mass is 9.75. The van der Waals surface area contributed by atoms with Crippen molar-refractivity contribution in [1.29, 1.82) is 0 Å². The second-order valence-corrected chi connectivity index (χ2v) is 6.00. The molecule has 2 rings (SSSR count). The lowest BCUT2D eigenvalue weighted by molar-refractivity contribution is -0.152. The first-order chi connectivity index (χ1) is 8.02. The SMILES string of the molecule is CC1(C)CCCN(C2C=CCCC2)C1C(=O)O. The molecule has 0 aromatic heterocycles. The van der Waals surface area contributed by atoms with E-state index < -0.39 is 5.97 Å². The number of hydrogen-bond acceptors (Lipinski definition) is 2. The minimum atomic E-state index is -0.659. The van der Waals surface area contributed by atoms with Crippen LogP contribution < -0.4 is 0 Å². The molecule has 3 heteroatoms. The van der Waals surface area contributed by atoms with Gasteiger partial charge in [-0.15, -0.1) is 0 Å². The van der Waals surface area contributed by atoms with Gasteiger partial charge in [0.15, 0.2) is 0 Å². The molecule has 17 heavy (non-hydrogen) atoms. The number of carboxylic acids is 1. The van der Waals surface area contributed by atoms with Crippen LogP contribution in [0.5, 0.6) is 0 Å². The van der Waals surface area contributed by atoms with Crippen molar-refractivity contribution < 1.29 is 9.90 Å². The molecule has 2 atom stereocenters. The van der Waals surface area contributed by atoms with Gasteiger partial charge in [0.25, 0.3) is 0 Å². The second-order valence-electron chi connectivity index (χ2n) is 6.00. The summed E-state index contributed by atoms with van der Waals surface area (Å²) < 4.78 is 0. The summed E-state index contributed by atoms with van der Waals surface area (Å²) in [4.78, 5) is 13.8. The van der Waals surface area contributed by atoms with Crippen molar-refractivity contribution in [2.45, 2.75) is 58.0 Å². The minimum absolute atomic E-state index is 0.116. The number of rotatable bonds is 2. The molecule has 1 saturated heterocycles. The van der Waals surface area contributed by atoms with E-state index in [1.807, 2.05) is 0 Å². The van der Waals surface area contributed by atoms with Crippen LogP contribution in [0.2, 0.25) is 0 Å². The number of carbonyl (C=O) groups is 1. The Labute approximate surface area is 103 Å². The predicted molar refractivity (Wildman–Crippen MR) is 67.9 cm³/mol. The largest absolute Gasteiger partial charge is 0.480 e. The van der Waals surface area contributed by atoms with Crippen LogP contribution in [0, 0.1) is 5.41 Å². The molecule has 0 amide bonds. The molecule has 1 N–H and O–H groups in total. The van der Waals surface area contributed by atoms with Crippen LogP contribution >= 0.6 is 0 Å². The maximum Gasteiger partial charge on any atom is 0.321 e. The Morgan fingerprint density at radius 2 is 2.18 bits per heavy atom. The standard InChI is InChI=1S/C14H23NO2/c1-14(2)9-6-10-15(12(14)13(16)17)11-7-4-3-5-8-11/h4,7,11-12H,3,5-6,8-10H2,1-2H3,(H,16,17). The van der Waals surface area contributed by atoms with Crippen LogP contribution in [0.25, 0.3) is 0 Å². The maximum atomic E-state index is 11.6. The smallest absolute Gasteiger partial charge is 0.321 e. The van der Waals surface area contributed by atoms with E-state index in [1.165, 1.54) is 6.42 Å². The van der Waals surface area contributed by atoms with Crippen LogP contribution in [-0.4, -0.2) is 34.6 Å². The zero-order chi connectivity index (χ0) is 12.5. The second kappa shape index (κ2) is 4.81. The van der Waals surface area contributed by atoms with Crippen molar-refractivity contribution in [2.24, 2.45) is 5.41 Å². The topological polar surface area (TPSA) is 40.5 Å². The zero-order valence-electron chi connectivity index (χ0n) is 10.9. The maximum absolute atomic E-state index is 11.6. The van der Waals surface area contributed by atoms with Gasteiger partial charge in [-0.25, -0.2) is 0 Å². The van der Waals surface area contributed by atoms with Gasteiger partial charge in [0.05, 0.1) is 0 Å². The van der Waals surface area contributed by atoms with E-state index in [-0.39, 0.29) is 11.5 Å². The molecule has 0 bridgehead atoms. The quantitative estimate of drug-likeness (QED) is 0.751. The Morgan fingerprint density at radius 1 is 1.41 bits per heavy atom. The molecule has 1 fully saturated rings. The van der Waals surface area contributed by atoms with E-state index in [4.69, 9.17) is 0 Å². The van der Waals surface area contributed by atoms with E-state index in [0.717, 1.165) is 32.2 Å². The van der Waals surface area contributed by atoms with Gasteiger partial charge in [0.1, 0.15) is 6.04 Å². The summed E-state index contributed by atoms with van der Waals surface area (Å²) in [6.07, 6.45) is 9.97. The zero-order valence-corrected chi connectivity index (χ0v) is 10.9. The molecule has 1 aliphatic carbocycles. The summed E-state index contributed by atoms with van der Waals surface area (Å²) in [5, 5.41) is 9.51. The van der Waals surface area contributed by atoms with Gasteiger partial charge in [-0.2, -0.15) is 0 Å². The molecule has 0 spiro atoms. The van der Waals surface area contributed by atoms with Crippen LogP contribution in [-0.2, 0) is 4.79 Å². The normalized spacial score (nSPS) is 33.5. The lowest BCUT2D eigenvalue weighted by Crippen LogP contribution is -2.57. The molecular formula is C14H23NO2. The van der Waals surface area contributed by atoms with Gasteiger partial charge in [0, 0.05) is 6.04 Å². The fraction of sp³-hybridized carbons (Fsp3) is 0.786. The summed E-state index contributed by atoms with van der Waals surface area (Å²) in [6.45, 7) is 5.10. The first-order valence-corrected chi connectivity index (χ1v) is 6.67. The monoisotopic (exact) mass is 237 g/mol. The van der Waals surface area contributed by atoms with Crippen LogP contribution in [0.1, 0.15) is 46.0 Å². The third kappa shape index (κ3) is 2.54. The Balaban J connectivity index is 2.21. The molecule has 96 valence electrons. The van der Waals surface area contributed by atoms with Crippen molar-refractivity contribution in [3.8, 4) is 0 Å². The minimum Gasteiger partial charge on any atom is -0.480 e. The van der Waals surface area contributed by atoms with Gasteiger partial charge in [-0.1, -0.05) is 26.0 Å². The van der Waals surface area contributed by atoms with Crippen LogP contribution in [0.3, 0.4) is 0 Å². The number of aliphatic carboxylic acids is 1. The van der Waals surface area contributed by atoms with Crippen molar-refractivity contribution >= 4 is 5.97 Å². The van der Waals surface area contributed by atoms with Gasteiger partial charge in [-0.3, -0.25) is 9.69 Å². The highest BCUT2D eigenvalue weighted by atomic mass is 16.4. The third-order valence-electron chi connectivity index (χ3n) is 4.20. The van der Waals surface area contributed by atoms with E-state index in [9.17, 15) is 9.90 Å². The Morgan fingerprint density at radius 3 is 2.76 bits per heavy atom. The fourth-order valence-electron chi connectivity index (χ4n) is 3.34. The molecule has 1 heterocycles. The van der Waals surface area contributed by atoms with Crippen molar-refractivity contribution in [1.82, 2.24) is 4.90 Å². The summed E-state index contributed by atoms with van der Waals surface area (Å²) in [5.41, 5.74) is -0.116. The van der Waals surface area contributed by atoms with Crippen LogP contribution in [0.15, 0.2) is 12.2 Å². The first-order valence-electron chi connectivity index (χ1n) is 6.67. The number of hydrogen-bond donors (Lipinski definition) is 1. The number of nitrogens with zero attached hydrogens (tertiary/aromatic N) is 1.